The van der Waals surface area contributed by atoms with Crippen LogP contribution in [-0.2, 0) is 0 Å². The molecule has 0 radical (unpaired) electrons. The molecule has 0 atom stereocenters. The molecule has 1 N–H and O–H groups in total. The van der Waals surface area contributed by atoms with Crippen molar-refractivity contribution >= 4 is 5.97 Å². The largest absolute Gasteiger partial charge is 0.478 e. The van der Waals surface area contributed by atoms with Crippen LogP contribution >= 0.6 is 0 Å². The molecule has 0 saturated heterocycles. The molecule has 1 aliphatic carbocycles. The Hall–Kier alpha value is -2.63. The van der Waals surface area contributed by atoms with Crippen LogP contribution in [0.4, 0.5) is 17.6 Å². The first kappa shape index (κ1) is 21.1. The molecule has 29 heavy (non-hydrogen) atoms. The number of aromatic carboxylic acids is 1. The quantitative estimate of drug-likeness (QED) is 0.324. The van der Waals surface area contributed by atoms with Crippen LogP contribution in [0, 0.1) is 29.2 Å². The summed E-state index contributed by atoms with van der Waals surface area (Å²) in [7, 11) is 0. The van der Waals surface area contributed by atoms with E-state index in [1.165, 1.54) is 12.1 Å². The van der Waals surface area contributed by atoms with E-state index in [4.69, 9.17) is 0 Å². The number of halogens is 4. The van der Waals surface area contributed by atoms with Crippen LogP contribution in [-0.4, -0.2) is 11.1 Å². The van der Waals surface area contributed by atoms with Crippen molar-refractivity contribution in [1.29, 1.82) is 0 Å². The molecule has 0 aliphatic heterocycles. The Balaban J connectivity index is 2.04. The van der Waals surface area contributed by atoms with Crippen LogP contribution in [0.15, 0.2) is 36.9 Å². The Labute approximate surface area is 166 Å². The van der Waals surface area contributed by atoms with E-state index in [0.29, 0.717) is 23.6 Å². The Kier molecular flexibility index (Phi) is 6.40. The van der Waals surface area contributed by atoms with Crippen LogP contribution in [0.25, 0.3) is 11.1 Å². The van der Waals surface area contributed by atoms with Crippen molar-refractivity contribution in [3.05, 3.63) is 71.3 Å². The second-order valence-electron chi connectivity index (χ2n) is 7.53. The smallest absolute Gasteiger partial charge is 0.338 e. The summed E-state index contributed by atoms with van der Waals surface area (Å²) in [4.78, 5) is 11.4. The zero-order chi connectivity index (χ0) is 21.1. The SMILES string of the molecule is C=CCC[C@H]1CC[C@H](c2ccc(C(=O)O)c(F)c2-c2cc(F)c(F)c(F)c2)CC1. The van der Waals surface area contributed by atoms with Gasteiger partial charge in [-0.3, -0.25) is 0 Å². The number of allylic oxidation sites excluding steroid dienone is 1. The van der Waals surface area contributed by atoms with E-state index >= 15 is 4.39 Å². The maximum atomic E-state index is 15.1. The average Bonchev–Trinajstić information content (AvgIpc) is 2.70. The zero-order valence-corrected chi connectivity index (χ0v) is 15.9. The van der Waals surface area contributed by atoms with E-state index in [-0.39, 0.29) is 17.0 Å². The molecule has 2 aromatic carbocycles. The molecule has 0 heterocycles. The van der Waals surface area contributed by atoms with Gasteiger partial charge < -0.3 is 5.11 Å². The third-order valence-corrected chi connectivity index (χ3v) is 5.74. The first-order valence-corrected chi connectivity index (χ1v) is 9.65. The molecule has 2 aromatic rings. The van der Waals surface area contributed by atoms with Crippen LogP contribution in [0.1, 0.15) is 60.4 Å². The molecule has 2 nitrogen and oxygen atoms in total. The standard InChI is InChI=1S/C23H22F4O2/c1-2-3-4-13-5-7-14(8-6-13)16-9-10-17(23(28)29)21(26)20(16)15-11-18(24)22(27)19(25)12-15/h2,9-14H,1,3-8H2,(H,28,29)/t13-,14-. The van der Waals surface area contributed by atoms with E-state index in [9.17, 15) is 23.1 Å². The van der Waals surface area contributed by atoms with E-state index in [0.717, 1.165) is 38.5 Å². The van der Waals surface area contributed by atoms with Crippen molar-refractivity contribution in [2.45, 2.75) is 44.4 Å². The lowest BCUT2D eigenvalue weighted by molar-refractivity contribution is 0.0692. The van der Waals surface area contributed by atoms with Gasteiger partial charge in [-0.1, -0.05) is 12.1 Å². The molecule has 154 valence electrons. The summed E-state index contributed by atoms with van der Waals surface area (Å²) >= 11 is 0. The number of carboxylic acid groups (broad SMARTS) is 1. The molecule has 0 spiro atoms. The molecule has 1 fully saturated rings. The van der Waals surface area contributed by atoms with Gasteiger partial charge in [0, 0.05) is 5.56 Å². The third kappa shape index (κ3) is 4.36. The number of hydrogen-bond acceptors (Lipinski definition) is 1. The maximum absolute atomic E-state index is 15.1. The first-order valence-electron chi connectivity index (χ1n) is 9.65. The summed E-state index contributed by atoms with van der Waals surface area (Å²) < 4.78 is 56.1. The minimum Gasteiger partial charge on any atom is -0.478 e. The van der Waals surface area contributed by atoms with Gasteiger partial charge in [0.05, 0.1) is 5.56 Å². The summed E-state index contributed by atoms with van der Waals surface area (Å²) in [5.74, 6) is -6.61. The van der Waals surface area contributed by atoms with Crippen LogP contribution in [0.5, 0.6) is 0 Å². The van der Waals surface area contributed by atoms with Gasteiger partial charge in [0.2, 0.25) is 0 Å². The molecule has 0 bridgehead atoms. The number of carboxylic acids is 1. The Morgan fingerprint density at radius 1 is 1.03 bits per heavy atom. The van der Waals surface area contributed by atoms with Crippen molar-refractivity contribution in [2.75, 3.05) is 0 Å². The molecule has 3 rings (SSSR count). The average molecular weight is 406 g/mol. The van der Waals surface area contributed by atoms with Gasteiger partial charge >= 0.3 is 5.97 Å². The van der Waals surface area contributed by atoms with E-state index in [2.05, 4.69) is 6.58 Å². The second kappa shape index (κ2) is 8.80. The highest BCUT2D eigenvalue weighted by atomic mass is 19.2. The Bertz CT molecular complexity index is 908. The van der Waals surface area contributed by atoms with Crippen molar-refractivity contribution in [2.24, 2.45) is 5.92 Å². The van der Waals surface area contributed by atoms with Gasteiger partial charge in [-0.05, 0) is 79.7 Å². The monoisotopic (exact) mass is 406 g/mol. The summed E-state index contributed by atoms with van der Waals surface area (Å²) in [6, 6.07) is 4.11. The van der Waals surface area contributed by atoms with E-state index in [1.54, 1.807) is 0 Å². The molecule has 0 aromatic heterocycles. The highest BCUT2D eigenvalue weighted by molar-refractivity contribution is 5.90. The Morgan fingerprint density at radius 2 is 1.66 bits per heavy atom. The fraction of sp³-hybridized carbons (Fsp3) is 0.348. The second-order valence-corrected chi connectivity index (χ2v) is 7.53. The molecule has 0 unspecified atom stereocenters. The normalized spacial score (nSPS) is 19.2. The molecule has 1 aliphatic rings. The van der Waals surface area contributed by atoms with Crippen LogP contribution in [0.3, 0.4) is 0 Å². The molecule has 6 heteroatoms. The predicted octanol–water partition coefficient (Wildman–Crippen LogP) is 6.85. The fourth-order valence-corrected chi connectivity index (χ4v) is 4.21. The minimum atomic E-state index is -1.65. The van der Waals surface area contributed by atoms with Crippen molar-refractivity contribution in [3.63, 3.8) is 0 Å². The molecular weight excluding hydrogens is 384 g/mol. The lowest BCUT2D eigenvalue weighted by Gasteiger charge is -2.30. The van der Waals surface area contributed by atoms with E-state index in [1.807, 2.05) is 6.08 Å². The molecule has 0 amide bonds. The van der Waals surface area contributed by atoms with Gasteiger partial charge in [0.15, 0.2) is 17.5 Å². The lowest BCUT2D eigenvalue weighted by atomic mass is 9.75. The van der Waals surface area contributed by atoms with Crippen LogP contribution in [0.2, 0.25) is 0 Å². The van der Waals surface area contributed by atoms with Crippen molar-refractivity contribution in [3.8, 4) is 11.1 Å². The minimum absolute atomic E-state index is 0.0708. The maximum Gasteiger partial charge on any atom is 0.338 e. The zero-order valence-electron chi connectivity index (χ0n) is 15.9. The first-order chi connectivity index (χ1) is 13.8. The molecule has 1 saturated carbocycles. The van der Waals surface area contributed by atoms with Gasteiger partial charge in [0.25, 0.3) is 0 Å². The van der Waals surface area contributed by atoms with E-state index < -0.39 is 34.8 Å². The summed E-state index contributed by atoms with van der Waals surface area (Å²) in [5, 5.41) is 9.25. The fourth-order valence-electron chi connectivity index (χ4n) is 4.21. The van der Waals surface area contributed by atoms with Gasteiger partial charge in [0.1, 0.15) is 5.82 Å². The summed E-state index contributed by atoms with van der Waals surface area (Å²) in [6.45, 7) is 3.73. The summed E-state index contributed by atoms with van der Waals surface area (Å²) in [6.07, 6.45) is 7.20. The van der Waals surface area contributed by atoms with Gasteiger partial charge in [-0.2, -0.15) is 0 Å². The Morgan fingerprint density at radius 3 is 2.21 bits per heavy atom. The third-order valence-electron chi connectivity index (χ3n) is 5.74. The molecular formula is C23H22F4O2. The number of carbonyl (C=O) groups is 1. The highest BCUT2D eigenvalue weighted by Crippen LogP contribution is 2.43. The number of rotatable bonds is 6. The van der Waals surface area contributed by atoms with Crippen molar-refractivity contribution in [1.82, 2.24) is 0 Å². The predicted molar refractivity (Wildman–Crippen MR) is 103 cm³/mol. The lowest BCUT2D eigenvalue weighted by Crippen LogP contribution is -2.15. The van der Waals surface area contributed by atoms with Crippen LogP contribution < -0.4 is 0 Å². The summed E-state index contributed by atoms with van der Waals surface area (Å²) in [5.41, 5.74) is -0.461. The number of hydrogen-bond donors (Lipinski definition) is 1. The van der Waals surface area contributed by atoms with Gasteiger partial charge in [-0.15, -0.1) is 6.58 Å². The van der Waals surface area contributed by atoms with Gasteiger partial charge in [-0.25, -0.2) is 22.4 Å². The number of benzene rings is 2. The highest BCUT2D eigenvalue weighted by Gasteiger charge is 2.28. The topological polar surface area (TPSA) is 37.3 Å². The van der Waals surface area contributed by atoms with Crippen molar-refractivity contribution < 1.29 is 27.5 Å².